The number of alkyl halides is 1. The van der Waals surface area contributed by atoms with Gasteiger partial charge in [-0.15, -0.1) is 0 Å². The number of halogens is 1. The Morgan fingerprint density at radius 2 is 2.00 bits per heavy atom. The summed E-state index contributed by atoms with van der Waals surface area (Å²) in [4.78, 5) is 10.4. The van der Waals surface area contributed by atoms with Gasteiger partial charge in [-0.05, 0) is 12.8 Å². The van der Waals surface area contributed by atoms with E-state index in [2.05, 4.69) is 0 Å². The Bertz CT molecular complexity index is 280. The Labute approximate surface area is 70.0 Å². The highest BCUT2D eigenvalue weighted by Gasteiger charge is 2.53. The largest absolute Gasteiger partial charge is 0.274 e. The Hall–Kier alpha value is -0.290. The predicted molar refractivity (Wildman–Crippen MR) is 40.6 cm³/mol. The number of hydrogen-bond acceptors (Lipinski definition) is 3. The lowest BCUT2D eigenvalue weighted by molar-refractivity contribution is -0.117. The molecular weight excluding hydrogens is 190 g/mol. The normalized spacial score (nSPS) is 20.9. The lowest BCUT2D eigenvalue weighted by atomic mass is 10.8. The summed E-state index contributed by atoms with van der Waals surface area (Å²) in [7, 11) is -3.62. The molecule has 1 fully saturated rings. The van der Waals surface area contributed by atoms with E-state index in [1.54, 1.807) is 0 Å². The fourth-order valence-electron chi connectivity index (χ4n) is 0.648. The van der Waals surface area contributed by atoms with E-state index in [1.807, 2.05) is 4.72 Å². The van der Waals surface area contributed by atoms with Crippen molar-refractivity contribution in [1.82, 2.24) is 4.72 Å². The number of rotatable bonds is 2. The Balaban J connectivity index is 2.76. The smallest absolute Gasteiger partial charge is 0.254 e. The average molecular weight is 198 g/mol. The summed E-state index contributed by atoms with van der Waals surface area (Å²) in [5.41, 5.74) is 0. The van der Waals surface area contributed by atoms with Crippen LogP contribution in [-0.4, -0.2) is 18.5 Å². The van der Waals surface area contributed by atoms with E-state index in [4.69, 9.17) is 11.6 Å². The number of amides is 1. The van der Waals surface area contributed by atoms with Gasteiger partial charge in [0.05, 0.1) is 0 Å². The molecule has 0 unspecified atom stereocenters. The van der Waals surface area contributed by atoms with Gasteiger partial charge in [0.15, 0.2) is 4.21 Å². The lowest BCUT2D eigenvalue weighted by Crippen LogP contribution is -2.35. The Kier molecular flexibility index (Phi) is 1.88. The maximum atomic E-state index is 11.1. The van der Waals surface area contributed by atoms with Crippen LogP contribution in [0.3, 0.4) is 0 Å². The Morgan fingerprint density at radius 1 is 1.55 bits per heavy atom. The van der Waals surface area contributed by atoms with E-state index < -0.39 is 20.1 Å². The summed E-state index contributed by atoms with van der Waals surface area (Å²) >= 11 is 5.58. The van der Waals surface area contributed by atoms with Gasteiger partial charge in [-0.1, -0.05) is 11.6 Å². The van der Waals surface area contributed by atoms with Gasteiger partial charge in [-0.2, -0.15) is 0 Å². The fraction of sp³-hybridized carbons (Fsp3) is 0.800. The van der Waals surface area contributed by atoms with E-state index in [9.17, 15) is 13.2 Å². The fourth-order valence-corrected chi connectivity index (χ4v) is 2.06. The molecule has 0 radical (unpaired) electrons. The second-order valence-electron chi connectivity index (χ2n) is 2.54. The molecule has 1 aliphatic rings. The summed E-state index contributed by atoms with van der Waals surface area (Å²) in [5.74, 6) is -0.600. The van der Waals surface area contributed by atoms with Gasteiger partial charge in [-0.3, -0.25) is 9.52 Å². The van der Waals surface area contributed by atoms with E-state index in [0.29, 0.717) is 12.8 Å². The first kappa shape index (κ1) is 8.80. The van der Waals surface area contributed by atoms with Gasteiger partial charge in [0, 0.05) is 6.92 Å². The van der Waals surface area contributed by atoms with E-state index in [0.717, 1.165) is 6.92 Å². The third-order valence-electron chi connectivity index (χ3n) is 1.40. The second-order valence-corrected chi connectivity index (χ2v) is 5.48. The van der Waals surface area contributed by atoms with Crippen LogP contribution in [-0.2, 0) is 14.8 Å². The minimum absolute atomic E-state index is 0.414. The SMILES string of the molecule is CC(=O)NS(=O)(=O)C1(Cl)CC1. The zero-order chi connectivity index (χ0) is 8.70. The zero-order valence-corrected chi connectivity index (χ0v) is 7.50. The standard InChI is InChI=1S/C5H8ClNO3S/c1-4(8)7-11(9,10)5(6)2-3-5/h2-3H2,1H3,(H,7,8). The van der Waals surface area contributed by atoms with Crippen molar-refractivity contribution in [3.8, 4) is 0 Å². The van der Waals surface area contributed by atoms with Crippen molar-refractivity contribution in [2.75, 3.05) is 0 Å². The first-order valence-corrected chi connectivity index (χ1v) is 4.95. The van der Waals surface area contributed by atoms with Crippen LogP contribution in [0.4, 0.5) is 0 Å². The van der Waals surface area contributed by atoms with Gasteiger partial charge in [0.25, 0.3) is 10.0 Å². The van der Waals surface area contributed by atoms with Crippen molar-refractivity contribution in [3.05, 3.63) is 0 Å². The number of sulfonamides is 1. The lowest BCUT2D eigenvalue weighted by Gasteiger charge is -2.07. The van der Waals surface area contributed by atoms with E-state index >= 15 is 0 Å². The van der Waals surface area contributed by atoms with Gasteiger partial charge < -0.3 is 0 Å². The highest BCUT2D eigenvalue weighted by Crippen LogP contribution is 2.46. The molecule has 0 bridgehead atoms. The number of nitrogens with one attached hydrogen (secondary N) is 1. The van der Waals surface area contributed by atoms with Crippen molar-refractivity contribution in [2.24, 2.45) is 0 Å². The van der Waals surface area contributed by atoms with Crippen LogP contribution in [0, 0.1) is 0 Å². The molecule has 0 atom stereocenters. The number of hydrogen-bond donors (Lipinski definition) is 1. The van der Waals surface area contributed by atoms with E-state index in [-0.39, 0.29) is 0 Å². The highest BCUT2D eigenvalue weighted by atomic mass is 35.5. The van der Waals surface area contributed by atoms with Crippen LogP contribution < -0.4 is 4.72 Å². The molecule has 0 saturated heterocycles. The average Bonchev–Trinajstić information content (AvgIpc) is 2.44. The molecule has 0 aromatic rings. The van der Waals surface area contributed by atoms with Crippen molar-refractivity contribution in [2.45, 2.75) is 24.0 Å². The zero-order valence-electron chi connectivity index (χ0n) is 5.93. The third kappa shape index (κ3) is 1.65. The van der Waals surface area contributed by atoms with Crippen molar-refractivity contribution in [3.63, 3.8) is 0 Å². The molecule has 0 spiro atoms. The van der Waals surface area contributed by atoms with Gasteiger partial charge in [0.2, 0.25) is 5.91 Å². The van der Waals surface area contributed by atoms with Crippen LogP contribution >= 0.6 is 11.6 Å². The molecule has 0 aliphatic heterocycles. The third-order valence-corrected chi connectivity index (χ3v) is 4.32. The molecule has 0 aromatic heterocycles. The first-order valence-electron chi connectivity index (χ1n) is 3.09. The minimum Gasteiger partial charge on any atom is -0.274 e. The monoisotopic (exact) mass is 197 g/mol. The Morgan fingerprint density at radius 3 is 2.27 bits per heavy atom. The summed E-state index contributed by atoms with van der Waals surface area (Å²) in [6.07, 6.45) is 0.828. The maximum Gasteiger partial charge on any atom is 0.254 e. The molecular formula is C5H8ClNO3S. The van der Waals surface area contributed by atoms with Crippen LogP contribution in [0.25, 0.3) is 0 Å². The van der Waals surface area contributed by atoms with E-state index in [1.165, 1.54) is 0 Å². The predicted octanol–water partition coefficient (Wildman–Crippen LogP) is 0.181. The second kappa shape index (κ2) is 2.35. The van der Waals surface area contributed by atoms with Crippen molar-refractivity contribution < 1.29 is 13.2 Å². The van der Waals surface area contributed by atoms with Crippen LogP contribution in [0.1, 0.15) is 19.8 Å². The molecule has 0 aromatic carbocycles. The van der Waals surface area contributed by atoms with Gasteiger partial charge in [0.1, 0.15) is 0 Å². The molecule has 1 amide bonds. The number of carbonyl (C=O) groups is 1. The van der Waals surface area contributed by atoms with Crippen LogP contribution in [0.15, 0.2) is 0 Å². The summed E-state index contributed by atoms with van der Waals surface area (Å²) < 4.78 is 22.7. The molecule has 64 valence electrons. The molecule has 4 nitrogen and oxygen atoms in total. The molecule has 1 saturated carbocycles. The highest BCUT2D eigenvalue weighted by molar-refractivity contribution is 7.93. The topological polar surface area (TPSA) is 63.2 Å². The van der Waals surface area contributed by atoms with Gasteiger partial charge in [-0.25, -0.2) is 8.42 Å². The molecule has 1 N–H and O–H groups in total. The summed E-state index contributed by atoms with van der Waals surface area (Å²) in [6.45, 7) is 1.14. The van der Waals surface area contributed by atoms with Crippen molar-refractivity contribution in [1.29, 1.82) is 0 Å². The summed E-state index contributed by atoms with van der Waals surface area (Å²) in [5, 5.41) is 0. The maximum absolute atomic E-state index is 11.1. The summed E-state index contributed by atoms with van der Waals surface area (Å²) in [6, 6.07) is 0. The number of carbonyl (C=O) groups excluding carboxylic acids is 1. The molecule has 1 rings (SSSR count). The van der Waals surface area contributed by atoms with Gasteiger partial charge >= 0.3 is 0 Å². The van der Waals surface area contributed by atoms with Crippen molar-refractivity contribution >= 4 is 27.5 Å². The molecule has 0 heterocycles. The quantitative estimate of drug-likeness (QED) is 0.643. The van der Waals surface area contributed by atoms with Crippen LogP contribution in [0.2, 0.25) is 0 Å². The van der Waals surface area contributed by atoms with Crippen LogP contribution in [0.5, 0.6) is 0 Å². The first-order chi connectivity index (χ1) is 4.87. The molecule has 6 heteroatoms. The molecule has 1 aliphatic carbocycles. The molecule has 11 heavy (non-hydrogen) atoms. The minimum atomic E-state index is -3.62.